The third-order valence-corrected chi connectivity index (χ3v) is 6.72. The molecule has 37 heavy (non-hydrogen) atoms. The van der Waals surface area contributed by atoms with Crippen molar-refractivity contribution >= 4 is 33.3 Å². The fourth-order valence-electron chi connectivity index (χ4n) is 4.03. The lowest BCUT2D eigenvalue weighted by atomic mass is 10.0. The second-order valence-corrected chi connectivity index (χ2v) is 11.2. The molecule has 1 heterocycles. The van der Waals surface area contributed by atoms with Crippen molar-refractivity contribution in [2.24, 2.45) is 5.92 Å². The van der Waals surface area contributed by atoms with Gasteiger partial charge >= 0.3 is 6.03 Å². The molecule has 2 aromatic carbocycles. The molecule has 0 aromatic heterocycles. The number of carbonyl (C=O) groups excluding carboxylic acids is 2. The van der Waals surface area contributed by atoms with Gasteiger partial charge in [-0.25, -0.2) is 17.6 Å². The summed E-state index contributed by atoms with van der Waals surface area (Å²) >= 11 is 0. The van der Waals surface area contributed by atoms with E-state index < -0.39 is 34.0 Å². The Morgan fingerprint density at radius 3 is 2.51 bits per heavy atom. The van der Waals surface area contributed by atoms with E-state index in [1.165, 1.54) is 29.2 Å². The standard InChI is InChI=1S/C25H33FN4O6S/c1-16-13-30(17(2)15-31)24(32)12-18-11-21(28-37(4,34)35)9-10-22(18)36-23(16)14-29(3)25(33)27-20-7-5-19(26)6-8-20/h5-11,16-17,23,28,31H,12-15H2,1-4H3,(H,27,33)/t16-,17+,23-/m1/s1. The minimum absolute atomic E-state index is 0.0563. The first-order valence-electron chi connectivity index (χ1n) is 11.8. The summed E-state index contributed by atoms with van der Waals surface area (Å²) in [5.41, 5.74) is 1.21. The summed E-state index contributed by atoms with van der Waals surface area (Å²) in [5.74, 6) is -0.490. The summed E-state index contributed by atoms with van der Waals surface area (Å²) in [4.78, 5) is 29.0. The van der Waals surface area contributed by atoms with E-state index in [4.69, 9.17) is 4.74 Å². The van der Waals surface area contributed by atoms with Gasteiger partial charge in [0.25, 0.3) is 0 Å². The number of sulfonamides is 1. The first kappa shape index (κ1) is 28.2. The van der Waals surface area contributed by atoms with Gasteiger partial charge in [0.05, 0.1) is 31.9 Å². The number of rotatable bonds is 7. The predicted octanol–water partition coefficient (Wildman–Crippen LogP) is 2.51. The molecular weight excluding hydrogens is 503 g/mol. The number of ether oxygens (including phenoxy) is 1. The molecule has 12 heteroatoms. The number of aliphatic hydroxyl groups is 1. The van der Waals surface area contributed by atoms with Crippen LogP contribution in [-0.4, -0.2) is 80.4 Å². The molecule has 3 amide bonds. The summed E-state index contributed by atoms with van der Waals surface area (Å²) in [6, 6.07) is 9.22. The summed E-state index contributed by atoms with van der Waals surface area (Å²) < 4.78 is 45.3. The van der Waals surface area contributed by atoms with E-state index in [1.54, 1.807) is 37.1 Å². The molecule has 1 aliphatic heterocycles. The van der Waals surface area contributed by atoms with Crippen LogP contribution in [0.4, 0.5) is 20.6 Å². The smallest absolute Gasteiger partial charge is 0.321 e. The van der Waals surface area contributed by atoms with E-state index in [2.05, 4.69) is 10.0 Å². The van der Waals surface area contributed by atoms with E-state index in [0.717, 1.165) is 6.26 Å². The van der Waals surface area contributed by atoms with Crippen LogP contribution in [0.1, 0.15) is 19.4 Å². The van der Waals surface area contributed by atoms with Crippen LogP contribution in [0.15, 0.2) is 42.5 Å². The van der Waals surface area contributed by atoms with Gasteiger partial charge in [-0.05, 0) is 49.4 Å². The molecule has 0 saturated heterocycles. The molecule has 1 aliphatic rings. The molecule has 10 nitrogen and oxygen atoms in total. The Morgan fingerprint density at radius 1 is 1.24 bits per heavy atom. The number of nitrogens with zero attached hydrogens (tertiary/aromatic N) is 2. The fourth-order valence-corrected chi connectivity index (χ4v) is 4.59. The molecule has 0 saturated carbocycles. The highest BCUT2D eigenvalue weighted by Crippen LogP contribution is 2.29. The van der Waals surface area contributed by atoms with Crippen molar-refractivity contribution in [1.29, 1.82) is 0 Å². The number of hydrogen-bond donors (Lipinski definition) is 3. The number of anilines is 2. The van der Waals surface area contributed by atoms with Crippen molar-refractivity contribution in [1.82, 2.24) is 9.80 Å². The zero-order valence-electron chi connectivity index (χ0n) is 21.3. The monoisotopic (exact) mass is 536 g/mol. The van der Waals surface area contributed by atoms with Crippen molar-refractivity contribution in [3.63, 3.8) is 0 Å². The molecule has 3 N–H and O–H groups in total. The number of hydrogen-bond acceptors (Lipinski definition) is 6. The van der Waals surface area contributed by atoms with Gasteiger partial charge in [-0.15, -0.1) is 0 Å². The van der Waals surface area contributed by atoms with E-state index >= 15 is 0 Å². The summed E-state index contributed by atoms with van der Waals surface area (Å²) in [5, 5.41) is 12.5. The molecule has 0 fully saturated rings. The average Bonchev–Trinajstić information content (AvgIpc) is 2.87. The van der Waals surface area contributed by atoms with Crippen molar-refractivity contribution < 1.29 is 32.2 Å². The average molecular weight is 537 g/mol. The van der Waals surface area contributed by atoms with Crippen LogP contribution in [0, 0.1) is 11.7 Å². The third-order valence-electron chi connectivity index (χ3n) is 6.12. The molecule has 0 radical (unpaired) electrons. The maximum atomic E-state index is 13.2. The normalized spacial score (nSPS) is 19.0. The predicted molar refractivity (Wildman–Crippen MR) is 139 cm³/mol. The molecule has 0 spiro atoms. The Labute approximate surface area is 216 Å². The fraction of sp³-hybridized carbons (Fsp3) is 0.440. The Kier molecular flexibility index (Phi) is 8.98. The van der Waals surface area contributed by atoms with Gasteiger partial charge in [-0.2, -0.15) is 0 Å². The molecule has 0 unspecified atom stereocenters. The summed E-state index contributed by atoms with van der Waals surface area (Å²) in [6.07, 6.45) is 0.431. The van der Waals surface area contributed by atoms with Crippen LogP contribution < -0.4 is 14.8 Å². The van der Waals surface area contributed by atoms with E-state index in [9.17, 15) is 27.5 Å². The van der Waals surface area contributed by atoms with Crippen molar-refractivity contribution in [2.75, 3.05) is 43.0 Å². The number of carbonyl (C=O) groups is 2. The number of amides is 3. The molecule has 202 valence electrons. The minimum atomic E-state index is -3.53. The second-order valence-electron chi connectivity index (χ2n) is 9.40. The van der Waals surface area contributed by atoms with Gasteiger partial charge < -0.3 is 25.0 Å². The van der Waals surface area contributed by atoms with Gasteiger partial charge in [-0.3, -0.25) is 9.52 Å². The number of likely N-dealkylation sites (N-methyl/N-ethyl adjacent to an activating group) is 1. The minimum Gasteiger partial charge on any atom is -0.488 e. The Hall–Kier alpha value is -3.38. The highest BCUT2D eigenvalue weighted by atomic mass is 32.2. The van der Waals surface area contributed by atoms with Gasteiger partial charge in [0.15, 0.2) is 0 Å². The molecular formula is C25H33FN4O6S. The van der Waals surface area contributed by atoms with Crippen LogP contribution in [0.5, 0.6) is 5.75 Å². The number of benzene rings is 2. The van der Waals surface area contributed by atoms with Gasteiger partial charge in [0.2, 0.25) is 15.9 Å². The number of aliphatic hydroxyl groups excluding tert-OH is 1. The summed E-state index contributed by atoms with van der Waals surface area (Å²) in [7, 11) is -1.94. The zero-order chi connectivity index (χ0) is 27.3. The van der Waals surface area contributed by atoms with Crippen molar-refractivity contribution in [3.05, 3.63) is 53.8 Å². The highest BCUT2D eigenvalue weighted by Gasteiger charge is 2.32. The summed E-state index contributed by atoms with van der Waals surface area (Å²) in [6.45, 7) is 3.84. The van der Waals surface area contributed by atoms with Crippen molar-refractivity contribution in [2.45, 2.75) is 32.4 Å². The molecule has 3 atom stereocenters. The Balaban J connectivity index is 1.89. The van der Waals surface area contributed by atoms with E-state index in [1.807, 2.05) is 6.92 Å². The number of fused-ring (bicyclic) bond motifs is 1. The van der Waals surface area contributed by atoms with Gasteiger partial charge in [0, 0.05) is 36.4 Å². The second kappa shape index (κ2) is 11.8. The molecule has 3 rings (SSSR count). The van der Waals surface area contributed by atoms with Crippen LogP contribution in [0.25, 0.3) is 0 Å². The van der Waals surface area contributed by atoms with Crippen LogP contribution in [-0.2, 0) is 21.2 Å². The molecule has 0 aliphatic carbocycles. The van der Waals surface area contributed by atoms with E-state index in [0.29, 0.717) is 22.7 Å². The van der Waals surface area contributed by atoms with Crippen LogP contribution in [0.2, 0.25) is 0 Å². The van der Waals surface area contributed by atoms with Crippen LogP contribution in [0.3, 0.4) is 0 Å². The number of urea groups is 1. The number of nitrogens with one attached hydrogen (secondary N) is 2. The lowest BCUT2D eigenvalue weighted by Gasteiger charge is -2.34. The quantitative estimate of drug-likeness (QED) is 0.499. The lowest BCUT2D eigenvalue weighted by Crippen LogP contribution is -2.48. The lowest BCUT2D eigenvalue weighted by molar-refractivity contribution is -0.134. The number of halogens is 1. The van der Waals surface area contributed by atoms with Gasteiger partial charge in [-0.1, -0.05) is 6.92 Å². The maximum absolute atomic E-state index is 13.2. The van der Waals surface area contributed by atoms with Crippen molar-refractivity contribution in [3.8, 4) is 5.75 Å². The SMILES string of the molecule is C[C@@H]1CN([C@@H](C)CO)C(=O)Cc2cc(NS(C)(=O)=O)ccc2O[C@@H]1CN(C)C(=O)Nc1ccc(F)cc1. The maximum Gasteiger partial charge on any atom is 0.321 e. The topological polar surface area (TPSA) is 128 Å². The molecule has 0 bridgehead atoms. The third kappa shape index (κ3) is 7.80. The highest BCUT2D eigenvalue weighted by molar-refractivity contribution is 7.92. The largest absolute Gasteiger partial charge is 0.488 e. The first-order chi connectivity index (χ1) is 17.4. The van der Waals surface area contributed by atoms with Gasteiger partial charge in [0.1, 0.15) is 17.7 Å². The Morgan fingerprint density at radius 2 is 1.89 bits per heavy atom. The first-order valence-corrected chi connectivity index (χ1v) is 13.7. The van der Waals surface area contributed by atoms with Crippen LogP contribution >= 0.6 is 0 Å². The Bertz CT molecular complexity index is 1220. The van der Waals surface area contributed by atoms with E-state index in [-0.39, 0.29) is 37.9 Å². The molecule has 2 aromatic rings. The zero-order valence-corrected chi connectivity index (χ0v) is 22.1.